The summed E-state index contributed by atoms with van der Waals surface area (Å²) in [7, 11) is 0. The third-order valence-electron chi connectivity index (χ3n) is 3.17. The van der Waals surface area contributed by atoms with Crippen LogP contribution in [0.15, 0.2) is 60.8 Å². The number of hydrogen-bond donors (Lipinski definition) is 1. The lowest BCUT2D eigenvalue weighted by Crippen LogP contribution is -1.99. The number of nitrogens with zero attached hydrogens (tertiary/aromatic N) is 1. The molecule has 3 rings (SSSR count). The number of pyridine rings is 1. The van der Waals surface area contributed by atoms with E-state index in [9.17, 15) is 4.79 Å². The van der Waals surface area contributed by atoms with Crippen LogP contribution in [0, 0.1) is 0 Å². The van der Waals surface area contributed by atoms with Crippen molar-refractivity contribution in [3.05, 3.63) is 71.9 Å². The average Bonchev–Trinajstić information content (AvgIpc) is 2.53. The van der Waals surface area contributed by atoms with E-state index in [0.717, 1.165) is 5.56 Å². The van der Waals surface area contributed by atoms with Crippen LogP contribution in [0.25, 0.3) is 10.9 Å². The molecule has 0 aliphatic rings. The fourth-order valence-electron chi connectivity index (χ4n) is 2.10. The molecule has 0 saturated carbocycles. The molecule has 0 aliphatic carbocycles. The van der Waals surface area contributed by atoms with E-state index in [4.69, 9.17) is 9.84 Å². The molecule has 0 unspecified atom stereocenters. The molecular weight excluding hydrogens is 266 g/mol. The van der Waals surface area contributed by atoms with Crippen molar-refractivity contribution in [1.29, 1.82) is 0 Å². The van der Waals surface area contributed by atoms with E-state index in [1.165, 1.54) is 6.20 Å². The lowest BCUT2D eigenvalue weighted by atomic mass is 10.1. The zero-order valence-corrected chi connectivity index (χ0v) is 11.2. The van der Waals surface area contributed by atoms with Gasteiger partial charge in [0.05, 0.1) is 11.1 Å². The summed E-state index contributed by atoms with van der Waals surface area (Å²) in [4.78, 5) is 15.2. The molecule has 1 aromatic heterocycles. The molecule has 4 heteroatoms. The van der Waals surface area contributed by atoms with Crippen LogP contribution in [0.5, 0.6) is 5.75 Å². The van der Waals surface area contributed by atoms with Crippen LogP contribution in [-0.4, -0.2) is 16.1 Å². The van der Waals surface area contributed by atoms with Crippen molar-refractivity contribution in [2.45, 2.75) is 6.61 Å². The number of aromatic nitrogens is 1. The number of aromatic carboxylic acids is 1. The second-order valence-corrected chi connectivity index (χ2v) is 4.63. The number of carbonyl (C=O) groups is 1. The molecule has 0 atom stereocenters. The van der Waals surface area contributed by atoms with Crippen molar-refractivity contribution < 1.29 is 14.6 Å². The highest BCUT2D eigenvalue weighted by Crippen LogP contribution is 2.25. The van der Waals surface area contributed by atoms with E-state index in [1.54, 1.807) is 6.07 Å². The maximum atomic E-state index is 11.1. The fourth-order valence-corrected chi connectivity index (χ4v) is 2.10. The first-order chi connectivity index (χ1) is 10.2. The highest BCUT2D eigenvalue weighted by molar-refractivity contribution is 5.94. The molecule has 4 nitrogen and oxygen atoms in total. The molecule has 0 radical (unpaired) electrons. The Labute approximate surface area is 121 Å². The topological polar surface area (TPSA) is 59.4 Å². The van der Waals surface area contributed by atoms with Crippen molar-refractivity contribution in [3.8, 4) is 5.75 Å². The van der Waals surface area contributed by atoms with Crippen LogP contribution in [0.4, 0.5) is 0 Å². The fraction of sp³-hybridized carbons (Fsp3) is 0.0588. The molecule has 0 bridgehead atoms. The van der Waals surface area contributed by atoms with E-state index >= 15 is 0 Å². The second kappa shape index (κ2) is 5.63. The van der Waals surface area contributed by atoms with Gasteiger partial charge in [0, 0.05) is 11.6 Å². The largest absolute Gasteiger partial charge is 0.488 e. The molecule has 2 aromatic carbocycles. The van der Waals surface area contributed by atoms with E-state index in [0.29, 0.717) is 23.3 Å². The Kier molecular flexibility index (Phi) is 3.51. The van der Waals surface area contributed by atoms with Gasteiger partial charge in [-0.25, -0.2) is 4.79 Å². The Morgan fingerprint density at radius 2 is 1.90 bits per heavy atom. The van der Waals surface area contributed by atoms with Gasteiger partial charge in [-0.2, -0.15) is 0 Å². The van der Waals surface area contributed by atoms with Crippen molar-refractivity contribution in [2.75, 3.05) is 0 Å². The Hall–Kier alpha value is -2.88. The molecule has 0 aliphatic heterocycles. The van der Waals surface area contributed by atoms with E-state index in [2.05, 4.69) is 4.98 Å². The van der Waals surface area contributed by atoms with Gasteiger partial charge in [0.2, 0.25) is 0 Å². The SMILES string of the molecule is O=C(O)c1cnc2cccc(OCc3ccccc3)c2c1. The van der Waals surface area contributed by atoms with Gasteiger partial charge in [0.25, 0.3) is 0 Å². The first-order valence-electron chi connectivity index (χ1n) is 6.53. The van der Waals surface area contributed by atoms with Crippen LogP contribution in [0.1, 0.15) is 15.9 Å². The Balaban J connectivity index is 1.94. The number of carboxylic acids is 1. The summed E-state index contributed by atoms with van der Waals surface area (Å²) in [5, 5.41) is 9.76. The van der Waals surface area contributed by atoms with Gasteiger partial charge in [0.1, 0.15) is 12.4 Å². The summed E-state index contributed by atoms with van der Waals surface area (Å²) < 4.78 is 5.81. The molecular formula is C17H13NO3. The number of rotatable bonds is 4. The highest BCUT2D eigenvalue weighted by Gasteiger charge is 2.08. The minimum atomic E-state index is -0.998. The summed E-state index contributed by atoms with van der Waals surface area (Å²) in [6, 6.07) is 16.9. The van der Waals surface area contributed by atoms with Gasteiger partial charge in [0.15, 0.2) is 0 Å². The normalized spacial score (nSPS) is 10.5. The van der Waals surface area contributed by atoms with Crippen LogP contribution >= 0.6 is 0 Å². The number of fused-ring (bicyclic) bond motifs is 1. The van der Waals surface area contributed by atoms with Gasteiger partial charge in [-0.15, -0.1) is 0 Å². The molecule has 0 fully saturated rings. The number of benzene rings is 2. The maximum absolute atomic E-state index is 11.1. The molecule has 0 amide bonds. The quantitative estimate of drug-likeness (QED) is 0.794. The molecule has 1 N–H and O–H groups in total. The van der Waals surface area contributed by atoms with E-state index in [-0.39, 0.29) is 5.56 Å². The van der Waals surface area contributed by atoms with Gasteiger partial charge < -0.3 is 9.84 Å². The number of ether oxygens (including phenoxy) is 1. The second-order valence-electron chi connectivity index (χ2n) is 4.63. The highest BCUT2D eigenvalue weighted by atomic mass is 16.5. The molecule has 21 heavy (non-hydrogen) atoms. The van der Waals surface area contributed by atoms with Crippen LogP contribution in [-0.2, 0) is 6.61 Å². The van der Waals surface area contributed by atoms with Gasteiger partial charge in [-0.3, -0.25) is 4.98 Å². The van der Waals surface area contributed by atoms with Crippen LogP contribution in [0.2, 0.25) is 0 Å². The van der Waals surface area contributed by atoms with Crippen LogP contribution < -0.4 is 4.74 Å². The molecule has 1 heterocycles. The third kappa shape index (κ3) is 2.84. The summed E-state index contributed by atoms with van der Waals surface area (Å²) >= 11 is 0. The number of hydrogen-bond acceptors (Lipinski definition) is 3. The Morgan fingerprint density at radius 1 is 1.10 bits per heavy atom. The van der Waals surface area contributed by atoms with E-state index in [1.807, 2.05) is 48.5 Å². The smallest absolute Gasteiger partial charge is 0.337 e. The predicted octanol–water partition coefficient (Wildman–Crippen LogP) is 3.51. The Bertz CT molecular complexity index is 784. The minimum Gasteiger partial charge on any atom is -0.488 e. The standard InChI is InChI=1S/C17H13NO3/c19-17(20)13-9-14-15(18-10-13)7-4-8-16(14)21-11-12-5-2-1-3-6-12/h1-10H,11H2,(H,19,20). The molecule has 3 aromatic rings. The van der Waals surface area contributed by atoms with Gasteiger partial charge >= 0.3 is 5.97 Å². The minimum absolute atomic E-state index is 0.151. The lowest BCUT2D eigenvalue weighted by Gasteiger charge is -2.09. The monoisotopic (exact) mass is 279 g/mol. The van der Waals surface area contributed by atoms with Crippen LogP contribution in [0.3, 0.4) is 0 Å². The average molecular weight is 279 g/mol. The summed E-state index contributed by atoms with van der Waals surface area (Å²) in [5.74, 6) is -0.366. The molecule has 104 valence electrons. The Morgan fingerprint density at radius 3 is 2.67 bits per heavy atom. The van der Waals surface area contributed by atoms with Gasteiger partial charge in [-0.05, 0) is 23.8 Å². The summed E-state index contributed by atoms with van der Waals surface area (Å²) in [6.07, 6.45) is 1.35. The zero-order valence-electron chi connectivity index (χ0n) is 11.2. The predicted molar refractivity (Wildman–Crippen MR) is 79.5 cm³/mol. The molecule has 0 spiro atoms. The first-order valence-corrected chi connectivity index (χ1v) is 6.53. The lowest BCUT2D eigenvalue weighted by molar-refractivity contribution is 0.0696. The van der Waals surface area contributed by atoms with Crippen molar-refractivity contribution in [2.24, 2.45) is 0 Å². The summed E-state index contributed by atoms with van der Waals surface area (Å²) in [5.41, 5.74) is 1.92. The third-order valence-corrected chi connectivity index (χ3v) is 3.17. The van der Waals surface area contributed by atoms with Crippen molar-refractivity contribution in [3.63, 3.8) is 0 Å². The van der Waals surface area contributed by atoms with Crippen molar-refractivity contribution in [1.82, 2.24) is 4.98 Å². The first kappa shape index (κ1) is 13.1. The number of carboxylic acid groups (broad SMARTS) is 1. The maximum Gasteiger partial charge on any atom is 0.337 e. The zero-order chi connectivity index (χ0) is 14.7. The van der Waals surface area contributed by atoms with Crippen molar-refractivity contribution >= 4 is 16.9 Å². The van der Waals surface area contributed by atoms with Gasteiger partial charge in [-0.1, -0.05) is 36.4 Å². The van der Waals surface area contributed by atoms with E-state index < -0.39 is 5.97 Å². The summed E-state index contributed by atoms with van der Waals surface area (Å²) in [6.45, 7) is 0.428. The molecule has 0 saturated heterocycles.